The molecule has 0 amide bonds. The Morgan fingerprint density at radius 3 is 2.50 bits per heavy atom. The predicted octanol–water partition coefficient (Wildman–Crippen LogP) is 5.17. The summed E-state index contributed by atoms with van der Waals surface area (Å²) < 4.78 is 1.17. The normalized spacial score (nSPS) is 12.7. The molecule has 4 heteroatoms. The van der Waals surface area contributed by atoms with E-state index in [1.165, 1.54) is 19.8 Å². The fraction of sp³-hybridized carbons (Fsp3) is 0.286. The van der Waals surface area contributed by atoms with Gasteiger partial charge in [0.2, 0.25) is 0 Å². The molecule has 0 aliphatic rings. The average Bonchev–Trinajstić information content (AvgIpc) is 2.67. The van der Waals surface area contributed by atoms with E-state index >= 15 is 0 Å². The lowest BCUT2D eigenvalue weighted by molar-refractivity contribution is 0.630. The molecular weight excluding hydrogens is 330 g/mol. The first kappa shape index (κ1) is 14.1. The van der Waals surface area contributed by atoms with Crippen LogP contribution >= 0.6 is 38.9 Å². The second-order valence-electron chi connectivity index (χ2n) is 4.10. The van der Waals surface area contributed by atoms with E-state index in [-0.39, 0.29) is 6.04 Å². The van der Waals surface area contributed by atoms with Crippen LogP contribution in [0.1, 0.15) is 29.0 Å². The number of thiophene rings is 1. The summed E-state index contributed by atoms with van der Waals surface area (Å²) in [5.41, 5.74) is 2.57. The van der Waals surface area contributed by atoms with Gasteiger partial charge in [-0.3, -0.25) is 0 Å². The number of halogens is 2. The minimum absolute atomic E-state index is 0.231. The van der Waals surface area contributed by atoms with Gasteiger partial charge in [-0.15, -0.1) is 11.3 Å². The third kappa shape index (κ3) is 3.15. The van der Waals surface area contributed by atoms with Crippen molar-refractivity contribution in [3.05, 3.63) is 55.1 Å². The van der Waals surface area contributed by atoms with Crippen molar-refractivity contribution >= 4 is 38.9 Å². The zero-order valence-corrected chi connectivity index (χ0v) is 13.5. The smallest absolute Gasteiger partial charge is 0.0704 e. The van der Waals surface area contributed by atoms with Crippen LogP contribution in [0.2, 0.25) is 5.02 Å². The molecule has 1 aromatic carbocycles. The van der Waals surface area contributed by atoms with E-state index in [1.54, 1.807) is 11.3 Å². The lowest BCUT2D eigenvalue weighted by atomic mass is 9.99. The van der Waals surface area contributed by atoms with Gasteiger partial charge in [0.25, 0.3) is 0 Å². The van der Waals surface area contributed by atoms with Gasteiger partial charge in [0.15, 0.2) is 0 Å². The first-order chi connectivity index (χ1) is 8.61. The van der Waals surface area contributed by atoms with Gasteiger partial charge in [-0.1, -0.05) is 30.7 Å². The number of benzene rings is 1. The van der Waals surface area contributed by atoms with Crippen LogP contribution in [0.25, 0.3) is 0 Å². The van der Waals surface area contributed by atoms with E-state index in [9.17, 15) is 0 Å². The molecule has 96 valence electrons. The lowest BCUT2D eigenvalue weighted by Crippen LogP contribution is -2.22. The molecule has 0 aliphatic heterocycles. The van der Waals surface area contributed by atoms with Crippen molar-refractivity contribution in [2.45, 2.75) is 19.9 Å². The molecule has 0 saturated carbocycles. The first-order valence-electron chi connectivity index (χ1n) is 5.86. The summed E-state index contributed by atoms with van der Waals surface area (Å²) in [5.74, 6) is 0. The zero-order valence-electron chi connectivity index (χ0n) is 10.3. The Morgan fingerprint density at radius 1 is 1.33 bits per heavy atom. The standard InChI is InChI=1S/C14H15BrClNS/c1-3-17-14(10-4-6-11(16)7-5-10)12-8-13(15)18-9(12)2/h4-8,14,17H,3H2,1-2H3. The highest BCUT2D eigenvalue weighted by atomic mass is 79.9. The third-order valence-electron chi connectivity index (χ3n) is 2.85. The zero-order chi connectivity index (χ0) is 13.1. The molecule has 2 aromatic rings. The summed E-state index contributed by atoms with van der Waals surface area (Å²) >= 11 is 11.3. The molecule has 2 rings (SSSR count). The Labute approximate surface area is 125 Å². The minimum atomic E-state index is 0.231. The molecule has 0 fully saturated rings. The van der Waals surface area contributed by atoms with E-state index in [2.05, 4.69) is 53.3 Å². The molecule has 0 bridgehead atoms. The highest BCUT2D eigenvalue weighted by Gasteiger charge is 2.17. The first-order valence-corrected chi connectivity index (χ1v) is 7.85. The number of aryl methyl sites for hydroxylation is 1. The molecule has 0 radical (unpaired) electrons. The molecule has 1 N–H and O–H groups in total. The van der Waals surface area contributed by atoms with Gasteiger partial charge in [0, 0.05) is 9.90 Å². The Hall–Kier alpha value is -0.350. The van der Waals surface area contributed by atoms with Gasteiger partial charge in [-0.25, -0.2) is 0 Å². The van der Waals surface area contributed by atoms with Crippen molar-refractivity contribution in [2.24, 2.45) is 0 Å². The van der Waals surface area contributed by atoms with Gasteiger partial charge < -0.3 is 5.32 Å². The van der Waals surface area contributed by atoms with Crippen molar-refractivity contribution in [3.63, 3.8) is 0 Å². The van der Waals surface area contributed by atoms with Crippen molar-refractivity contribution in [1.29, 1.82) is 0 Å². The van der Waals surface area contributed by atoms with Crippen molar-refractivity contribution in [1.82, 2.24) is 5.32 Å². The van der Waals surface area contributed by atoms with Gasteiger partial charge in [0.1, 0.15) is 0 Å². The Morgan fingerprint density at radius 2 is 2.00 bits per heavy atom. The van der Waals surface area contributed by atoms with Crippen LogP contribution in [-0.2, 0) is 0 Å². The van der Waals surface area contributed by atoms with Crippen molar-refractivity contribution in [3.8, 4) is 0 Å². The van der Waals surface area contributed by atoms with E-state index in [1.807, 2.05) is 12.1 Å². The number of rotatable bonds is 4. The van der Waals surface area contributed by atoms with Crippen molar-refractivity contribution < 1.29 is 0 Å². The maximum atomic E-state index is 5.95. The molecule has 1 unspecified atom stereocenters. The molecule has 0 aliphatic carbocycles. The molecule has 18 heavy (non-hydrogen) atoms. The topological polar surface area (TPSA) is 12.0 Å². The molecule has 0 spiro atoms. The lowest BCUT2D eigenvalue weighted by Gasteiger charge is -2.18. The minimum Gasteiger partial charge on any atom is -0.306 e. The molecular formula is C14H15BrClNS. The molecule has 1 atom stereocenters. The SMILES string of the molecule is CCNC(c1ccc(Cl)cc1)c1cc(Br)sc1C. The van der Waals surface area contributed by atoms with E-state index < -0.39 is 0 Å². The summed E-state index contributed by atoms with van der Waals surface area (Å²) in [6, 6.07) is 10.5. The largest absolute Gasteiger partial charge is 0.306 e. The van der Waals surface area contributed by atoms with Crippen LogP contribution in [-0.4, -0.2) is 6.54 Å². The Bertz CT molecular complexity index is 521. The number of nitrogens with one attached hydrogen (secondary N) is 1. The van der Waals surface area contributed by atoms with Gasteiger partial charge in [-0.2, -0.15) is 0 Å². The van der Waals surface area contributed by atoms with Crippen LogP contribution < -0.4 is 5.32 Å². The quantitative estimate of drug-likeness (QED) is 0.806. The predicted molar refractivity (Wildman–Crippen MR) is 83.7 cm³/mol. The van der Waals surface area contributed by atoms with Crippen LogP contribution in [0.5, 0.6) is 0 Å². The number of hydrogen-bond donors (Lipinski definition) is 1. The van der Waals surface area contributed by atoms with Crippen LogP contribution in [0, 0.1) is 6.92 Å². The fourth-order valence-electron chi connectivity index (χ4n) is 2.01. The highest BCUT2D eigenvalue weighted by Crippen LogP contribution is 2.33. The molecule has 1 heterocycles. The second kappa shape index (κ2) is 6.20. The Kier molecular flexibility index (Phi) is 4.84. The van der Waals surface area contributed by atoms with Crippen LogP contribution in [0.4, 0.5) is 0 Å². The van der Waals surface area contributed by atoms with Crippen molar-refractivity contribution in [2.75, 3.05) is 6.54 Å². The second-order valence-corrected chi connectivity index (χ2v) is 7.18. The van der Waals surface area contributed by atoms with Crippen LogP contribution in [0.3, 0.4) is 0 Å². The van der Waals surface area contributed by atoms with Gasteiger partial charge in [-0.05, 0) is 58.7 Å². The van der Waals surface area contributed by atoms with E-state index in [0.29, 0.717) is 0 Å². The number of hydrogen-bond acceptors (Lipinski definition) is 2. The monoisotopic (exact) mass is 343 g/mol. The van der Waals surface area contributed by atoms with Gasteiger partial charge >= 0.3 is 0 Å². The maximum absolute atomic E-state index is 5.95. The summed E-state index contributed by atoms with van der Waals surface area (Å²) in [6.07, 6.45) is 0. The summed E-state index contributed by atoms with van der Waals surface area (Å²) in [6.45, 7) is 5.21. The highest BCUT2D eigenvalue weighted by molar-refractivity contribution is 9.11. The Balaban J connectivity index is 2.39. The van der Waals surface area contributed by atoms with Crippen LogP contribution in [0.15, 0.2) is 34.1 Å². The summed E-state index contributed by atoms with van der Waals surface area (Å²) in [4.78, 5) is 1.34. The van der Waals surface area contributed by atoms with Gasteiger partial charge in [0.05, 0.1) is 9.83 Å². The van der Waals surface area contributed by atoms with E-state index in [4.69, 9.17) is 11.6 Å². The molecule has 1 aromatic heterocycles. The van der Waals surface area contributed by atoms with E-state index in [0.717, 1.165) is 11.6 Å². The molecule has 1 nitrogen and oxygen atoms in total. The fourth-order valence-corrected chi connectivity index (χ4v) is 3.89. The maximum Gasteiger partial charge on any atom is 0.0704 e. The summed E-state index contributed by atoms with van der Waals surface area (Å²) in [5, 5.41) is 4.31. The summed E-state index contributed by atoms with van der Waals surface area (Å²) in [7, 11) is 0. The molecule has 0 saturated heterocycles. The average molecular weight is 345 g/mol. The third-order valence-corrected chi connectivity index (χ3v) is 4.67.